The van der Waals surface area contributed by atoms with Crippen LogP contribution >= 0.6 is 11.6 Å². The summed E-state index contributed by atoms with van der Waals surface area (Å²) in [5.41, 5.74) is 1.36. The molecular weight excluding hydrogens is 246 g/mol. The first-order chi connectivity index (χ1) is 8.81. The van der Waals surface area contributed by atoms with Crippen molar-refractivity contribution in [1.29, 1.82) is 0 Å². The van der Waals surface area contributed by atoms with Crippen LogP contribution in [0.4, 0.5) is 0 Å². The van der Waals surface area contributed by atoms with Gasteiger partial charge in [-0.15, -0.1) is 10.2 Å². The van der Waals surface area contributed by atoms with E-state index in [0.29, 0.717) is 5.02 Å². The van der Waals surface area contributed by atoms with E-state index >= 15 is 0 Å². The Morgan fingerprint density at radius 2 is 1.61 bits per heavy atom. The van der Waals surface area contributed by atoms with Crippen molar-refractivity contribution in [3.05, 3.63) is 70.7 Å². The monoisotopic (exact) mass is 254 g/mol. The zero-order valence-electron chi connectivity index (χ0n) is 9.42. The minimum absolute atomic E-state index is 0.639. The lowest BCUT2D eigenvalue weighted by atomic mass is 9.85. The summed E-state index contributed by atoms with van der Waals surface area (Å²) < 4.78 is 0. The van der Waals surface area contributed by atoms with Crippen molar-refractivity contribution in [1.82, 2.24) is 0 Å². The Hall–Kier alpha value is -2.00. The predicted octanol–water partition coefficient (Wildman–Crippen LogP) is 3.84. The maximum Gasteiger partial charge on any atom is 0.170 e. The zero-order valence-corrected chi connectivity index (χ0v) is 10.2. The summed E-state index contributed by atoms with van der Waals surface area (Å²) in [4.78, 5) is 0. The van der Waals surface area contributed by atoms with Crippen LogP contribution in [0, 0.1) is 6.07 Å². The van der Waals surface area contributed by atoms with Crippen LogP contribution in [-0.4, -0.2) is 6.21 Å². The van der Waals surface area contributed by atoms with E-state index in [0.717, 1.165) is 11.1 Å². The first-order valence-electron chi connectivity index (χ1n) is 5.50. The summed E-state index contributed by atoms with van der Waals surface area (Å²) in [5, 5.41) is 12.6. The van der Waals surface area contributed by atoms with Crippen molar-refractivity contribution in [2.24, 2.45) is 15.4 Å². The van der Waals surface area contributed by atoms with Crippen molar-refractivity contribution in [2.75, 3.05) is 0 Å². The first-order valence-corrected chi connectivity index (χ1v) is 5.88. The van der Waals surface area contributed by atoms with Gasteiger partial charge in [0.2, 0.25) is 0 Å². The number of halogens is 1. The molecule has 0 amide bonds. The molecule has 1 heterocycles. The molecule has 87 valence electrons. The number of rotatable bonds is 2. The first kappa shape index (κ1) is 11.1. The highest BCUT2D eigenvalue weighted by molar-refractivity contribution is 6.30. The third-order valence-electron chi connectivity index (χ3n) is 2.94. The Balaban J connectivity index is 2.17. The second-order valence-corrected chi connectivity index (χ2v) is 4.43. The second kappa shape index (κ2) is 4.35. The summed E-state index contributed by atoms with van der Waals surface area (Å²) in [6, 6.07) is 18.2. The van der Waals surface area contributed by atoms with E-state index in [9.17, 15) is 0 Å². The van der Waals surface area contributed by atoms with E-state index in [1.165, 1.54) is 0 Å². The molecule has 1 atom stereocenters. The number of hydrogen-bond acceptors (Lipinski definition) is 3. The molecule has 3 nitrogen and oxygen atoms in total. The standard InChI is InChI=1S/C14H9ClN3/c15-13-8-6-12(7-9-13)14(10-16-18-17-14)11-4-2-1-3-5-11/h2-10H. The lowest BCUT2D eigenvalue weighted by Gasteiger charge is -2.22. The van der Waals surface area contributed by atoms with Gasteiger partial charge in [-0.05, 0) is 34.5 Å². The largest absolute Gasteiger partial charge is 0.170 e. The molecule has 0 N–H and O–H groups in total. The van der Waals surface area contributed by atoms with E-state index in [1.807, 2.05) is 48.5 Å². The van der Waals surface area contributed by atoms with Crippen LogP contribution in [0.2, 0.25) is 5.02 Å². The molecule has 0 saturated heterocycles. The van der Waals surface area contributed by atoms with Crippen LogP contribution in [0.5, 0.6) is 0 Å². The van der Waals surface area contributed by atoms with Crippen molar-refractivity contribution >= 4 is 17.8 Å². The lowest BCUT2D eigenvalue weighted by molar-refractivity contribution is 0.719. The normalized spacial score (nSPS) is 21.4. The van der Waals surface area contributed by atoms with Gasteiger partial charge in [0, 0.05) is 5.02 Å². The molecule has 18 heavy (non-hydrogen) atoms. The molecule has 1 unspecified atom stereocenters. The van der Waals surface area contributed by atoms with Gasteiger partial charge in [-0.2, -0.15) is 0 Å². The smallest absolute Gasteiger partial charge is 0.146 e. The van der Waals surface area contributed by atoms with E-state index in [4.69, 9.17) is 11.6 Å². The molecule has 0 bridgehead atoms. The van der Waals surface area contributed by atoms with E-state index in [-0.39, 0.29) is 0 Å². The molecule has 0 aromatic heterocycles. The average molecular weight is 255 g/mol. The van der Waals surface area contributed by atoms with Crippen LogP contribution in [0.15, 0.2) is 64.0 Å². The fraction of sp³-hybridized carbons (Fsp3) is 0.0714. The predicted molar refractivity (Wildman–Crippen MR) is 70.9 cm³/mol. The second-order valence-electron chi connectivity index (χ2n) is 4.00. The van der Waals surface area contributed by atoms with Crippen molar-refractivity contribution in [3.63, 3.8) is 0 Å². The van der Waals surface area contributed by atoms with Gasteiger partial charge in [-0.1, -0.05) is 48.0 Å². The van der Waals surface area contributed by atoms with Gasteiger partial charge < -0.3 is 0 Å². The summed E-state index contributed by atoms with van der Waals surface area (Å²) >= 11 is 5.92. The molecule has 2 aromatic rings. The fourth-order valence-corrected chi connectivity index (χ4v) is 2.13. The zero-order chi connectivity index (χ0) is 12.4. The lowest BCUT2D eigenvalue weighted by Crippen LogP contribution is -2.24. The molecule has 4 heteroatoms. The van der Waals surface area contributed by atoms with Crippen molar-refractivity contribution < 1.29 is 0 Å². The van der Waals surface area contributed by atoms with Crippen LogP contribution in [0.25, 0.3) is 0 Å². The number of hydrogen-bond donors (Lipinski definition) is 0. The highest BCUT2D eigenvalue weighted by atomic mass is 35.5. The molecule has 0 fully saturated rings. The Bertz CT molecular complexity index is 591. The van der Waals surface area contributed by atoms with Gasteiger partial charge in [-0.3, -0.25) is 0 Å². The maximum atomic E-state index is 5.92. The Kier molecular flexibility index (Phi) is 2.68. The average Bonchev–Trinajstić information content (AvgIpc) is 2.91. The molecular formula is C14H9ClN3. The fourth-order valence-electron chi connectivity index (χ4n) is 2.01. The van der Waals surface area contributed by atoms with Crippen molar-refractivity contribution in [2.45, 2.75) is 5.54 Å². The van der Waals surface area contributed by atoms with Gasteiger partial charge in [0.25, 0.3) is 0 Å². The molecule has 0 spiro atoms. The highest BCUT2D eigenvalue weighted by Gasteiger charge is 2.35. The quantitative estimate of drug-likeness (QED) is 0.781. The Morgan fingerprint density at radius 1 is 0.944 bits per heavy atom. The van der Waals surface area contributed by atoms with Crippen molar-refractivity contribution in [3.8, 4) is 0 Å². The summed E-state index contributed by atoms with van der Waals surface area (Å²) in [6.45, 7) is 0. The molecule has 2 aromatic carbocycles. The van der Waals surface area contributed by atoms with Gasteiger partial charge >= 0.3 is 0 Å². The van der Waals surface area contributed by atoms with E-state index in [2.05, 4.69) is 21.5 Å². The van der Waals surface area contributed by atoms with Gasteiger partial charge in [0.1, 0.15) is 0 Å². The SMILES string of the molecule is Clc1ccc(C2(c3cc[c]cc3)C=NN=N2)cc1. The summed E-state index contributed by atoms with van der Waals surface area (Å²) in [7, 11) is 0. The van der Waals surface area contributed by atoms with Crippen LogP contribution < -0.4 is 0 Å². The molecule has 0 saturated carbocycles. The van der Waals surface area contributed by atoms with Gasteiger partial charge in [0.15, 0.2) is 5.54 Å². The van der Waals surface area contributed by atoms with Crippen LogP contribution in [-0.2, 0) is 5.54 Å². The van der Waals surface area contributed by atoms with Crippen LogP contribution in [0.3, 0.4) is 0 Å². The van der Waals surface area contributed by atoms with Gasteiger partial charge in [-0.25, -0.2) is 0 Å². The van der Waals surface area contributed by atoms with Crippen LogP contribution in [0.1, 0.15) is 11.1 Å². The third kappa shape index (κ3) is 1.73. The molecule has 1 aliphatic heterocycles. The maximum absolute atomic E-state index is 5.92. The van der Waals surface area contributed by atoms with E-state index < -0.39 is 5.54 Å². The Labute approximate surface area is 110 Å². The molecule has 3 rings (SSSR count). The summed E-state index contributed by atoms with van der Waals surface area (Å²) in [6.07, 6.45) is 1.74. The third-order valence-corrected chi connectivity index (χ3v) is 3.19. The minimum Gasteiger partial charge on any atom is -0.146 e. The molecule has 0 aliphatic carbocycles. The van der Waals surface area contributed by atoms with Gasteiger partial charge in [0.05, 0.1) is 6.21 Å². The highest BCUT2D eigenvalue weighted by Crippen LogP contribution is 2.35. The minimum atomic E-state index is -0.639. The van der Waals surface area contributed by atoms with E-state index in [1.54, 1.807) is 6.21 Å². The molecule has 1 aliphatic rings. The molecule has 1 radical (unpaired) electrons. The number of benzene rings is 2. The number of nitrogens with zero attached hydrogens (tertiary/aromatic N) is 3. The topological polar surface area (TPSA) is 37.1 Å². The Morgan fingerprint density at radius 3 is 2.22 bits per heavy atom. The summed E-state index contributed by atoms with van der Waals surface area (Å²) in [5.74, 6) is 0.